The average Bonchev–Trinajstić information content (AvgIpc) is 3.08. The van der Waals surface area contributed by atoms with Gasteiger partial charge in [0, 0.05) is 19.1 Å². The molecule has 7 nitrogen and oxygen atoms in total. The van der Waals surface area contributed by atoms with Gasteiger partial charge in [-0.1, -0.05) is 24.3 Å². The molecule has 0 radical (unpaired) electrons. The number of fused-ring (bicyclic) bond motifs is 1. The van der Waals surface area contributed by atoms with E-state index in [4.69, 9.17) is 4.74 Å². The van der Waals surface area contributed by atoms with E-state index in [9.17, 15) is 13.2 Å². The van der Waals surface area contributed by atoms with Crippen LogP contribution in [0.3, 0.4) is 0 Å². The van der Waals surface area contributed by atoms with Gasteiger partial charge in [-0.3, -0.25) is 0 Å². The molecular formula is C18H21F3N6O. The number of anilines is 3. The van der Waals surface area contributed by atoms with Crippen molar-refractivity contribution in [1.82, 2.24) is 15.0 Å². The van der Waals surface area contributed by atoms with E-state index in [1.165, 1.54) is 11.1 Å². The van der Waals surface area contributed by atoms with Crippen molar-refractivity contribution in [3.8, 4) is 0 Å². The average molecular weight is 394 g/mol. The van der Waals surface area contributed by atoms with E-state index in [1.807, 2.05) is 17.0 Å². The highest BCUT2D eigenvalue weighted by atomic mass is 19.4. The zero-order valence-corrected chi connectivity index (χ0v) is 15.2. The van der Waals surface area contributed by atoms with E-state index in [1.54, 1.807) is 0 Å². The molecule has 1 aromatic carbocycles. The van der Waals surface area contributed by atoms with Crippen LogP contribution in [0.1, 0.15) is 11.1 Å². The van der Waals surface area contributed by atoms with Gasteiger partial charge in [-0.2, -0.15) is 28.1 Å². The number of nitrogens with zero attached hydrogens (tertiary/aromatic N) is 4. The third kappa shape index (κ3) is 4.61. The van der Waals surface area contributed by atoms with Crippen molar-refractivity contribution >= 4 is 17.8 Å². The molecule has 2 heterocycles. The van der Waals surface area contributed by atoms with Gasteiger partial charge in [0.15, 0.2) is 0 Å². The van der Waals surface area contributed by atoms with E-state index in [0.29, 0.717) is 32.3 Å². The van der Waals surface area contributed by atoms with Crippen LogP contribution >= 0.6 is 0 Å². The first-order valence-corrected chi connectivity index (χ1v) is 9.19. The van der Waals surface area contributed by atoms with Gasteiger partial charge in [-0.25, -0.2) is 0 Å². The Hall–Kier alpha value is -2.62. The lowest BCUT2D eigenvalue weighted by Crippen LogP contribution is -2.38. The molecule has 150 valence electrons. The summed E-state index contributed by atoms with van der Waals surface area (Å²) < 4.78 is 43.1. The number of rotatable bonds is 5. The molecule has 1 aromatic heterocycles. The minimum Gasteiger partial charge on any atom is -0.378 e. The first-order valence-electron chi connectivity index (χ1n) is 9.19. The molecule has 1 saturated heterocycles. The third-order valence-corrected chi connectivity index (χ3v) is 4.75. The summed E-state index contributed by atoms with van der Waals surface area (Å²) in [6.45, 7) is 1.01. The highest BCUT2D eigenvalue weighted by molar-refractivity contribution is 5.46. The van der Waals surface area contributed by atoms with Gasteiger partial charge in [0.25, 0.3) is 0 Å². The molecule has 28 heavy (non-hydrogen) atoms. The Bertz CT molecular complexity index is 800. The Morgan fingerprint density at radius 2 is 1.64 bits per heavy atom. The zero-order chi connectivity index (χ0) is 19.6. The number of morpholine rings is 1. The van der Waals surface area contributed by atoms with Crippen LogP contribution < -0.4 is 15.5 Å². The second kappa shape index (κ2) is 7.78. The molecule has 0 saturated carbocycles. The summed E-state index contributed by atoms with van der Waals surface area (Å²) in [5.74, 6) is 0.534. The maximum Gasteiger partial charge on any atom is 0.405 e. The Morgan fingerprint density at radius 1 is 1.00 bits per heavy atom. The fraction of sp³-hybridized carbons (Fsp3) is 0.500. The maximum absolute atomic E-state index is 12.6. The summed E-state index contributed by atoms with van der Waals surface area (Å²) in [5, 5.41) is 5.52. The lowest BCUT2D eigenvalue weighted by molar-refractivity contribution is -0.115. The minimum atomic E-state index is -4.35. The summed E-state index contributed by atoms with van der Waals surface area (Å²) in [6, 6.07) is 8.26. The molecule has 4 rings (SSSR count). The highest BCUT2D eigenvalue weighted by Gasteiger charge is 2.28. The van der Waals surface area contributed by atoms with Crippen molar-refractivity contribution in [2.45, 2.75) is 25.1 Å². The van der Waals surface area contributed by atoms with Crippen LogP contribution in [0.4, 0.5) is 31.0 Å². The first-order chi connectivity index (χ1) is 13.5. The van der Waals surface area contributed by atoms with Gasteiger partial charge in [-0.05, 0) is 24.0 Å². The molecule has 1 aliphatic heterocycles. The number of hydrogen-bond acceptors (Lipinski definition) is 7. The number of benzene rings is 1. The van der Waals surface area contributed by atoms with Crippen molar-refractivity contribution in [2.75, 3.05) is 48.4 Å². The molecule has 1 fully saturated rings. The molecule has 0 unspecified atom stereocenters. The fourth-order valence-corrected chi connectivity index (χ4v) is 3.44. The van der Waals surface area contributed by atoms with Gasteiger partial charge >= 0.3 is 6.18 Å². The van der Waals surface area contributed by atoms with Crippen LogP contribution in [0.25, 0.3) is 0 Å². The number of alkyl halides is 3. The molecule has 0 atom stereocenters. The molecule has 2 aromatic rings. The van der Waals surface area contributed by atoms with Crippen molar-refractivity contribution in [2.24, 2.45) is 0 Å². The van der Waals surface area contributed by atoms with Crippen molar-refractivity contribution in [1.29, 1.82) is 0 Å². The third-order valence-electron chi connectivity index (χ3n) is 4.75. The van der Waals surface area contributed by atoms with Crippen molar-refractivity contribution in [3.63, 3.8) is 0 Å². The lowest BCUT2D eigenvalue weighted by atomic mass is 10.1. The van der Waals surface area contributed by atoms with Gasteiger partial charge < -0.3 is 20.3 Å². The number of halogens is 3. The second-order valence-corrected chi connectivity index (χ2v) is 6.87. The topological polar surface area (TPSA) is 75.2 Å². The van der Waals surface area contributed by atoms with Crippen LogP contribution in [0, 0.1) is 0 Å². The maximum atomic E-state index is 12.6. The van der Waals surface area contributed by atoms with E-state index < -0.39 is 12.7 Å². The number of aromatic nitrogens is 3. The summed E-state index contributed by atoms with van der Waals surface area (Å²) in [4.78, 5) is 14.7. The summed E-state index contributed by atoms with van der Waals surface area (Å²) in [6.07, 6.45) is -2.72. The molecule has 2 aliphatic rings. The zero-order valence-electron chi connectivity index (χ0n) is 15.2. The molecule has 1 aliphatic carbocycles. The van der Waals surface area contributed by atoms with Crippen LogP contribution in [-0.4, -0.2) is 60.0 Å². The fourth-order valence-electron chi connectivity index (χ4n) is 3.44. The van der Waals surface area contributed by atoms with Gasteiger partial charge in [0.2, 0.25) is 17.8 Å². The smallest absolute Gasteiger partial charge is 0.378 e. The Labute approximate surface area is 160 Å². The predicted molar refractivity (Wildman–Crippen MR) is 98.7 cm³/mol. The van der Waals surface area contributed by atoms with Crippen LogP contribution in [-0.2, 0) is 17.6 Å². The number of nitrogens with one attached hydrogen (secondary N) is 2. The summed E-state index contributed by atoms with van der Waals surface area (Å²) in [5.41, 5.74) is 2.52. The predicted octanol–water partition coefficient (Wildman–Crippen LogP) is 2.26. The molecule has 0 amide bonds. The van der Waals surface area contributed by atoms with E-state index in [0.717, 1.165) is 12.8 Å². The van der Waals surface area contributed by atoms with Gasteiger partial charge in [0.05, 0.1) is 13.2 Å². The standard InChI is InChI=1S/C18H21F3N6O/c19-18(20,21)11-22-15-24-16(26-17(25-15)27-5-7-28-8-6-27)23-14-9-12-3-1-2-4-13(12)10-14/h1-4,14H,5-11H2,(H2,22,23,24,25,26). The van der Waals surface area contributed by atoms with Crippen LogP contribution in [0.2, 0.25) is 0 Å². The quantitative estimate of drug-likeness (QED) is 0.806. The summed E-state index contributed by atoms with van der Waals surface area (Å²) >= 11 is 0. The molecule has 0 bridgehead atoms. The van der Waals surface area contributed by atoms with Crippen molar-refractivity contribution < 1.29 is 17.9 Å². The summed E-state index contributed by atoms with van der Waals surface area (Å²) in [7, 11) is 0. The second-order valence-electron chi connectivity index (χ2n) is 6.87. The van der Waals surface area contributed by atoms with Crippen LogP contribution in [0.15, 0.2) is 24.3 Å². The Morgan fingerprint density at radius 3 is 2.29 bits per heavy atom. The van der Waals surface area contributed by atoms with Crippen LogP contribution in [0.5, 0.6) is 0 Å². The highest BCUT2D eigenvalue weighted by Crippen LogP contribution is 2.25. The van der Waals surface area contributed by atoms with E-state index in [-0.39, 0.29) is 17.9 Å². The lowest BCUT2D eigenvalue weighted by Gasteiger charge is -2.27. The Balaban J connectivity index is 1.53. The monoisotopic (exact) mass is 394 g/mol. The first kappa shape index (κ1) is 18.7. The minimum absolute atomic E-state index is 0.0906. The molecule has 0 spiro atoms. The Kier molecular flexibility index (Phi) is 5.21. The molecular weight excluding hydrogens is 373 g/mol. The number of ether oxygens (including phenoxy) is 1. The van der Waals surface area contributed by atoms with Gasteiger partial charge in [0.1, 0.15) is 6.54 Å². The van der Waals surface area contributed by atoms with Crippen molar-refractivity contribution in [3.05, 3.63) is 35.4 Å². The van der Waals surface area contributed by atoms with E-state index in [2.05, 4.69) is 37.7 Å². The van der Waals surface area contributed by atoms with E-state index >= 15 is 0 Å². The molecule has 10 heteroatoms. The largest absolute Gasteiger partial charge is 0.405 e. The molecule has 2 N–H and O–H groups in total. The SMILES string of the molecule is FC(F)(F)CNc1nc(NC2Cc3ccccc3C2)nc(N2CCOCC2)n1. The van der Waals surface area contributed by atoms with Gasteiger partial charge in [-0.15, -0.1) is 0 Å². The number of hydrogen-bond donors (Lipinski definition) is 2. The normalized spacial score (nSPS) is 17.5.